The van der Waals surface area contributed by atoms with Gasteiger partial charge in [-0.1, -0.05) is 18.2 Å². The maximum Gasteiger partial charge on any atom is 0.226 e. The normalized spacial score (nSPS) is 10.3. The number of carbonyl (C=O) groups is 2. The van der Waals surface area contributed by atoms with Crippen LogP contribution in [0.15, 0.2) is 78.9 Å². The average molecular weight is 392 g/mol. The highest BCUT2D eigenvalue weighted by atomic mass is 19.1. The summed E-state index contributed by atoms with van der Waals surface area (Å²) in [6.45, 7) is 1.67. The molecule has 6 heteroatoms. The van der Waals surface area contributed by atoms with Gasteiger partial charge in [0.05, 0.1) is 0 Å². The van der Waals surface area contributed by atoms with Gasteiger partial charge in [-0.3, -0.25) is 9.59 Å². The maximum atomic E-state index is 12.9. The van der Waals surface area contributed by atoms with Gasteiger partial charge >= 0.3 is 0 Å². The SMILES string of the molecule is CC(=O)N(CCC(=O)Nc1ccc(F)cc1)c1ccc(Oc2ccccc2)cc1. The lowest BCUT2D eigenvalue weighted by Crippen LogP contribution is -2.31. The quantitative estimate of drug-likeness (QED) is 0.616. The fourth-order valence-electron chi connectivity index (χ4n) is 2.76. The standard InChI is InChI=1S/C23H21FN2O3/c1-17(27)26(16-15-23(28)25-19-9-7-18(24)8-10-19)20-11-13-22(14-12-20)29-21-5-3-2-4-6-21/h2-14H,15-16H2,1H3,(H,25,28). The summed E-state index contributed by atoms with van der Waals surface area (Å²) in [5.74, 6) is 0.576. The van der Waals surface area contributed by atoms with Crippen LogP contribution in [0.1, 0.15) is 13.3 Å². The van der Waals surface area contributed by atoms with Crippen molar-refractivity contribution in [2.45, 2.75) is 13.3 Å². The summed E-state index contributed by atoms with van der Waals surface area (Å²) in [6, 6.07) is 22.0. The van der Waals surface area contributed by atoms with Crippen molar-refractivity contribution < 1.29 is 18.7 Å². The Balaban J connectivity index is 1.59. The molecule has 1 N–H and O–H groups in total. The zero-order valence-corrected chi connectivity index (χ0v) is 16.0. The van der Waals surface area contributed by atoms with Crippen molar-refractivity contribution >= 4 is 23.2 Å². The summed E-state index contributed by atoms with van der Waals surface area (Å²) in [4.78, 5) is 25.7. The number of nitrogens with one attached hydrogen (secondary N) is 1. The molecule has 148 valence electrons. The highest BCUT2D eigenvalue weighted by molar-refractivity contribution is 5.94. The molecule has 0 spiro atoms. The first kappa shape index (κ1) is 20.1. The molecule has 0 aliphatic rings. The van der Waals surface area contributed by atoms with E-state index in [1.165, 1.54) is 36.1 Å². The largest absolute Gasteiger partial charge is 0.457 e. The molecule has 5 nitrogen and oxygen atoms in total. The Labute approximate surface area is 168 Å². The van der Waals surface area contributed by atoms with Crippen molar-refractivity contribution in [3.63, 3.8) is 0 Å². The molecule has 0 saturated carbocycles. The van der Waals surface area contributed by atoms with E-state index in [2.05, 4.69) is 5.32 Å². The number of amides is 2. The van der Waals surface area contributed by atoms with E-state index in [4.69, 9.17) is 4.74 Å². The smallest absolute Gasteiger partial charge is 0.226 e. The van der Waals surface area contributed by atoms with E-state index in [1.54, 1.807) is 24.3 Å². The van der Waals surface area contributed by atoms with Crippen LogP contribution in [0.2, 0.25) is 0 Å². The van der Waals surface area contributed by atoms with Crippen molar-refractivity contribution in [3.05, 3.63) is 84.7 Å². The molecule has 0 aliphatic carbocycles. The van der Waals surface area contributed by atoms with Gasteiger partial charge in [-0.25, -0.2) is 4.39 Å². The van der Waals surface area contributed by atoms with Gasteiger partial charge in [0.15, 0.2) is 0 Å². The third-order valence-electron chi connectivity index (χ3n) is 4.20. The summed E-state index contributed by atoms with van der Waals surface area (Å²) >= 11 is 0. The molecule has 0 fully saturated rings. The van der Waals surface area contributed by atoms with E-state index in [1.807, 2.05) is 30.3 Å². The first-order valence-corrected chi connectivity index (χ1v) is 9.18. The highest BCUT2D eigenvalue weighted by Crippen LogP contribution is 2.24. The molecular formula is C23H21FN2O3. The van der Waals surface area contributed by atoms with Gasteiger partial charge in [-0.2, -0.15) is 0 Å². The van der Waals surface area contributed by atoms with E-state index in [0.29, 0.717) is 17.1 Å². The summed E-state index contributed by atoms with van der Waals surface area (Å²) < 4.78 is 18.7. The molecule has 0 radical (unpaired) electrons. The Hall–Kier alpha value is -3.67. The van der Waals surface area contributed by atoms with Crippen LogP contribution in [-0.4, -0.2) is 18.4 Å². The molecule has 29 heavy (non-hydrogen) atoms. The van der Waals surface area contributed by atoms with Crippen molar-refractivity contribution in [1.29, 1.82) is 0 Å². The molecule has 0 aromatic heterocycles. The van der Waals surface area contributed by atoms with Gasteiger partial charge in [-0.15, -0.1) is 0 Å². The topological polar surface area (TPSA) is 58.6 Å². The number of anilines is 2. The lowest BCUT2D eigenvalue weighted by Gasteiger charge is -2.21. The van der Waals surface area contributed by atoms with E-state index < -0.39 is 0 Å². The molecular weight excluding hydrogens is 371 g/mol. The monoisotopic (exact) mass is 392 g/mol. The maximum absolute atomic E-state index is 12.9. The first-order chi connectivity index (χ1) is 14.0. The van der Waals surface area contributed by atoms with Crippen LogP contribution < -0.4 is 15.0 Å². The van der Waals surface area contributed by atoms with Crippen LogP contribution >= 0.6 is 0 Å². The van der Waals surface area contributed by atoms with Crippen molar-refractivity contribution in [1.82, 2.24) is 0 Å². The lowest BCUT2D eigenvalue weighted by molar-refractivity contribution is -0.117. The van der Waals surface area contributed by atoms with E-state index in [-0.39, 0.29) is 30.6 Å². The minimum absolute atomic E-state index is 0.110. The van der Waals surface area contributed by atoms with E-state index >= 15 is 0 Å². The molecule has 0 atom stereocenters. The molecule has 3 aromatic carbocycles. The second-order valence-electron chi connectivity index (χ2n) is 6.38. The number of benzene rings is 3. The number of carbonyl (C=O) groups excluding carboxylic acids is 2. The van der Waals surface area contributed by atoms with Gasteiger partial charge in [-0.05, 0) is 60.7 Å². The van der Waals surface area contributed by atoms with E-state index in [9.17, 15) is 14.0 Å². The number of halogens is 1. The van der Waals surface area contributed by atoms with Crippen LogP contribution in [0, 0.1) is 5.82 Å². The van der Waals surface area contributed by atoms with Gasteiger partial charge in [0.25, 0.3) is 0 Å². The number of rotatable bonds is 7. The molecule has 2 amide bonds. The molecule has 3 rings (SSSR count). The fourth-order valence-corrected chi connectivity index (χ4v) is 2.76. The van der Waals surface area contributed by atoms with Crippen LogP contribution in [-0.2, 0) is 9.59 Å². The molecule has 3 aromatic rings. The summed E-state index contributed by atoms with van der Waals surface area (Å²) in [5.41, 5.74) is 1.18. The average Bonchev–Trinajstić information content (AvgIpc) is 2.71. The number of ether oxygens (including phenoxy) is 1. The van der Waals surface area contributed by atoms with Gasteiger partial charge in [0.1, 0.15) is 17.3 Å². The minimum Gasteiger partial charge on any atom is -0.457 e. The Morgan fingerprint density at radius 3 is 2.14 bits per heavy atom. The highest BCUT2D eigenvalue weighted by Gasteiger charge is 2.14. The fraction of sp³-hybridized carbons (Fsp3) is 0.130. The van der Waals surface area contributed by atoms with Gasteiger partial charge in [0.2, 0.25) is 11.8 Å². The zero-order valence-electron chi connectivity index (χ0n) is 16.0. The molecule has 0 bridgehead atoms. The predicted molar refractivity (Wildman–Crippen MR) is 111 cm³/mol. The predicted octanol–water partition coefficient (Wildman–Crippen LogP) is 5.00. The third kappa shape index (κ3) is 5.90. The van der Waals surface area contributed by atoms with Crippen LogP contribution in [0.4, 0.5) is 15.8 Å². The first-order valence-electron chi connectivity index (χ1n) is 9.18. The second kappa shape index (κ2) is 9.50. The molecule has 0 heterocycles. The van der Waals surface area contributed by atoms with Crippen molar-refractivity contribution in [3.8, 4) is 11.5 Å². The Kier molecular flexibility index (Phi) is 6.58. The van der Waals surface area contributed by atoms with Crippen LogP contribution in [0.5, 0.6) is 11.5 Å². The second-order valence-corrected chi connectivity index (χ2v) is 6.38. The summed E-state index contributed by atoms with van der Waals surface area (Å²) in [6.07, 6.45) is 0.110. The summed E-state index contributed by atoms with van der Waals surface area (Å²) in [7, 11) is 0. The zero-order chi connectivity index (χ0) is 20.6. The number of para-hydroxylation sites is 1. The Morgan fingerprint density at radius 2 is 1.52 bits per heavy atom. The summed E-state index contributed by atoms with van der Waals surface area (Å²) in [5, 5.41) is 2.69. The van der Waals surface area contributed by atoms with Crippen LogP contribution in [0.3, 0.4) is 0 Å². The Bertz CT molecular complexity index is 958. The van der Waals surface area contributed by atoms with Gasteiger partial charge < -0.3 is 15.0 Å². The van der Waals surface area contributed by atoms with Crippen LogP contribution in [0.25, 0.3) is 0 Å². The number of hydrogen-bond acceptors (Lipinski definition) is 3. The van der Waals surface area contributed by atoms with E-state index in [0.717, 1.165) is 5.75 Å². The Morgan fingerprint density at radius 1 is 0.897 bits per heavy atom. The van der Waals surface area contributed by atoms with Crippen molar-refractivity contribution in [2.24, 2.45) is 0 Å². The lowest BCUT2D eigenvalue weighted by atomic mass is 10.2. The minimum atomic E-state index is -0.370. The molecule has 0 unspecified atom stereocenters. The number of nitrogens with zero attached hydrogens (tertiary/aromatic N) is 1. The molecule has 0 saturated heterocycles. The molecule has 0 aliphatic heterocycles. The third-order valence-corrected chi connectivity index (χ3v) is 4.20. The van der Waals surface area contributed by atoms with Crippen molar-refractivity contribution in [2.75, 3.05) is 16.8 Å². The van der Waals surface area contributed by atoms with Gasteiger partial charge in [0, 0.05) is 31.3 Å². The number of hydrogen-bond donors (Lipinski definition) is 1.